The number of aromatic amines is 2. The first kappa shape index (κ1) is 63.7. The molecule has 0 radical (unpaired) electrons. The molecule has 92 heavy (non-hydrogen) atoms. The minimum absolute atomic E-state index is 0.0559. The Bertz CT molecular complexity index is 3770. The molecule has 4 heterocycles. The van der Waals surface area contributed by atoms with Crippen molar-refractivity contribution in [3.63, 3.8) is 0 Å². The molecule has 1 saturated heterocycles. The Morgan fingerprint density at radius 2 is 1.68 bits per heavy atom. The third-order valence-corrected chi connectivity index (χ3v) is 20.5. The number of carboxylic acid groups (broad SMARTS) is 1. The van der Waals surface area contributed by atoms with Gasteiger partial charge in [0.15, 0.2) is 29.1 Å². The highest BCUT2D eigenvalue weighted by Gasteiger charge is 2.72. The van der Waals surface area contributed by atoms with Crippen molar-refractivity contribution in [2.24, 2.45) is 40.3 Å². The number of allylic oxidation sites excluding steroid dienone is 1. The smallest absolute Gasteiger partial charge is 0.355 e. The van der Waals surface area contributed by atoms with Crippen LogP contribution in [-0.4, -0.2) is 162 Å². The highest BCUT2D eigenvalue weighted by molar-refractivity contribution is 6.14. The first-order valence-corrected chi connectivity index (χ1v) is 31.5. The lowest BCUT2D eigenvalue weighted by Crippen LogP contribution is -2.67. The molecule has 6 aliphatic rings. The lowest BCUT2D eigenvalue weighted by Gasteiger charge is -2.59. The summed E-state index contributed by atoms with van der Waals surface area (Å²) in [6.07, 6.45) is 3.08. The summed E-state index contributed by atoms with van der Waals surface area (Å²) in [5.74, 6) is -12.6. The minimum atomic E-state index is -3.37. The number of fused-ring (bicyclic) bond motifs is 6. The molecule has 24 nitrogen and oxygen atoms in total. The number of carbonyl (C=O) groups is 2. The maximum Gasteiger partial charge on any atom is 0.355 e. The number of aliphatic hydroxyl groups excluding tert-OH is 6. The van der Waals surface area contributed by atoms with E-state index in [1.54, 1.807) is 36.8 Å². The molecule has 14 atom stereocenters. The van der Waals surface area contributed by atoms with Gasteiger partial charge in [0, 0.05) is 90.5 Å². The Balaban J connectivity index is 0.975. The number of phenols is 4. The fourth-order valence-electron chi connectivity index (χ4n) is 16.3. The molecule has 2 saturated carbocycles. The summed E-state index contributed by atoms with van der Waals surface area (Å²) >= 11 is 0. The molecule has 0 bridgehead atoms. The number of aliphatic carboxylic acids is 1. The molecular formula is C68H80N8O16. The molecule has 4 aliphatic carbocycles. The average Bonchev–Trinajstić information content (AvgIpc) is 1.46. The Morgan fingerprint density at radius 1 is 0.870 bits per heavy atom. The Morgan fingerprint density at radius 3 is 2.43 bits per heavy atom. The number of aromatic nitrogens is 3. The number of aryl methyl sites for hydroxylation is 1. The molecule has 1 amide bonds. The Hall–Kier alpha value is -8.46. The van der Waals surface area contributed by atoms with Crippen molar-refractivity contribution < 1.29 is 80.3 Å². The number of aliphatic hydroxyl groups is 7. The van der Waals surface area contributed by atoms with Crippen LogP contribution < -0.4 is 26.0 Å². The van der Waals surface area contributed by atoms with E-state index in [2.05, 4.69) is 30.6 Å². The topological polar surface area (TPSA) is 406 Å². The van der Waals surface area contributed by atoms with E-state index in [4.69, 9.17) is 15.2 Å². The van der Waals surface area contributed by atoms with E-state index >= 15 is 9.59 Å². The van der Waals surface area contributed by atoms with Crippen LogP contribution in [0.25, 0.3) is 6.08 Å². The number of nitrogens with two attached hydrogens (primary N) is 1. The molecule has 4 aromatic carbocycles. The maximum atomic E-state index is 16.0. The second-order valence-corrected chi connectivity index (χ2v) is 25.4. The summed E-state index contributed by atoms with van der Waals surface area (Å²) in [7, 11) is 0. The predicted octanol–water partition coefficient (Wildman–Crippen LogP) is 4.39. The third-order valence-electron chi connectivity index (χ3n) is 20.5. The van der Waals surface area contributed by atoms with Gasteiger partial charge in [0.25, 0.3) is 5.91 Å². The van der Waals surface area contributed by atoms with Crippen LogP contribution in [-0.2, 0) is 45.5 Å². The van der Waals surface area contributed by atoms with Gasteiger partial charge in [0.2, 0.25) is 5.75 Å². The maximum absolute atomic E-state index is 16.0. The number of ether oxygens (including phenoxy) is 2. The first-order chi connectivity index (χ1) is 44.3. The standard InChI is InChI=1S/C68H80N8O16/c69-65(73-32-37-7-2-1-3-8-37)72-25-22-38-16-17-40(29-50(38)81)44-31-66(64(88)89)58(57(44)67-42(10-5-11-43(67)33-77)19-18-39-9-4-12-49(80)56(39)67)55-47(30-51(59(83)61(55)85)91-68(90)63(87)62(86)60(84)52(34-78)92-68)76(66)54(82)21-15-36-14-20-48(79)41(27-36)28-46-45(74-35-75-46)23-26-71-53-13-6-24-70-53/h1-4,6-9,12-15,20-21,24,27,30-31,35,38,40,42-43,50,52,57-58,60,62-63,70-71,77-81,83-87,90H,5,10-11,16-19,22-23,25-26,28-29,32-34H2,(H,74,75)(H,88,89)(H3,69,72,73). The molecule has 18 N–H and O–H groups in total. The van der Waals surface area contributed by atoms with Gasteiger partial charge < -0.3 is 97.1 Å². The summed E-state index contributed by atoms with van der Waals surface area (Å²) in [5, 5.41) is 147. The number of imidazole rings is 1. The number of hydrogen-bond donors (Lipinski definition) is 17. The number of phenolic OH excluding ortho intramolecular Hbond substituents is 4. The monoisotopic (exact) mass is 1260 g/mol. The summed E-state index contributed by atoms with van der Waals surface area (Å²) in [4.78, 5) is 47.5. The predicted molar refractivity (Wildman–Crippen MR) is 336 cm³/mol. The van der Waals surface area contributed by atoms with Crippen molar-refractivity contribution in [2.75, 3.05) is 36.5 Å². The van der Waals surface area contributed by atoms with Crippen LogP contribution in [0.5, 0.6) is 28.7 Å². The number of aliphatic imine (C=N–C) groups is 1. The molecule has 6 aromatic rings. The van der Waals surface area contributed by atoms with Crippen molar-refractivity contribution in [3.8, 4) is 28.7 Å². The Labute approximate surface area is 530 Å². The zero-order valence-electron chi connectivity index (χ0n) is 50.6. The number of carboxylic acids is 1. The second-order valence-electron chi connectivity index (χ2n) is 25.4. The number of H-pyrrole nitrogens is 2. The first-order valence-electron chi connectivity index (χ1n) is 31.5. The van der Waals surface area contributed by atoms with E-state index in [0.717, 1.165) is 45.4 Å². The van der Waals surface area contributed by atoms with Crippen molar-refractivity contribution in [3.05, 3.63) is 160 Å². The quantitative estimate of drug-likeness (QED) is 0.0126. The van der Waals surface area contributed by atoms with Gasteiger partial charge in [-0.05, 0) is 134 Å². The number of guanidine groups is 1. The molecule has 14 unspecified atom stereocenters. The molecule has 0 spiro atoms. The van der Waals surface area contributed by atoms with E-state index in [1.807, 2.05) is 48.5 Å². The van der Waals surface area contributed by atoms with Crippen LogP contribution in [0.1, 0.15) is 102 Å². The third kappa shape index (κ3) is 11.3. The van der Waals surface area contributed by atoms with Gasteiger partial charge in [-0.15, -0.1) is 0 Å². The van der Waals surface area contributed by atoms with Crippen LogP contribution in [0.4, 0.5) is 11.5 Å². The highest BCUT2D eigenvalue weighted by Crippen LogP contribution is 2.73. The fourth-order valence-corrected chi connectivity index (χ4v) is 16.3. The SMILES string of the molecule is NC(=NCc1ccccc1)NCCC1CCC(C2=CC3(C(=O)O)C(c4c(cc(OC5(O)OC(CO)C(O)C(O)C5O)c(O)c4O)N3C(=O)C=Cc3ccc(O)c(Cc4[nH]cnc4CCNc4ccc[nH]4)c3)C2C23c4c(O)cccc4CCC2CCCC3CO)CC1O. The highest BCUT2D eigenvalue weighted by atomic mass is 16.8. The van der Waals surface area contributed by atoms with Crippen LogP contribution in [0.3, 0.4) is 0 Å². The number of anilines is 2. The van der Waals surface area contributed by atoms with E-state index in [-0.39, 0.29) is 53.4 Å². The largest absolute Gasteiger partial charge is 0.508 e. The van der Waals surface area contributed by atoms with Gasteiger partial charge in [0.1, 0.15) is 35.6 Å². The van der Waals surface area contributed by atoms with E-state index in [0.29, 0.717) is 99.7 Å². The summed E-state index contributed by atoms with van der Waals surface area (Å²) in [6.45, 7) is -0.114. The van der Waals surface area contributed by atoms with Gasteiger partial charge in [-0.1, -0.05) is 60.5 Å². The van der Waals surface area contributed by atoms with Gasteiger partial charge in [-0.2, -0.15) is 0 Å². The van der Waals surface area contributed by atoms with Crippen molar-refractivity contribution in [2.45, 2.75) is 131 Å². The molecule has 488 valence electrons. The summed E-state index contributed by atoms with van der Waals surface area (Å²) in [5.41, 5.74) is 6.87. The number of nitrogens with zero attached hydrogens (tertiary/aromatic N) is 3. The number of benzene rings is 4. The zero-order chi connectivity index (χ0) is 64.8. The lowest BCUT2D eigenvalue weighted by molar-refractivity contribution is -0.422. The van der Waals surface area contributed by atoms with E-state index in [1.165, 1.54) is 18.2 Å². The minimum Gasteiger partial charge on any atom is -0.508 e. The number of rotatable bonds is 20. The number of aromatic hydroxyl groups is 4. The van der Waals surface area contributed by atoms with Crippen LogP contribution in [0.15, 0.2) is 120 Å². The van der Waals surface area contributed by atoms with Crippen molar-refractivity contribution >= 4 is 35.4 Å². The second kappa shape index (κ2) is 25.9. The fraction of sp³-hybridized carbons (Fsp3) is 0.441. The van der Waals surface area contributed by atoms with Gasteiger partial charge in [-0.25, -0.2) is 14.8 Å². The molecule has 12 rings (SSSR count). The normalized spacial score (nSPS) is 30.1. The Kier molecular flexibility index (Phi) is 17.9. The van der Waals surface area contributed by atoms with Gasteiger partial charge >= 0.3 is 11.9 Å². The molecule has 2 aromatic heterocycles. The van der Waals surface area contributed by atoms with E-state index in [9.17, 15) is 61.3 Å². The number of carbonyl (C=O) groups excluding carboxylic acids is 1. The number of amides is 1. The molecule has 24 heteroatoms. The van der Waals surface area contributed by atoms with Crippen LogP contribution >= 0.6 is 0 Å². The molecule has 3 fully saturated rings. The number of hydrogen-bond acceptors (Lipinski definition) is 18. The summed E-state index contributed by atoms with van der Waals surface area (Å²) in [6, 6.07) is 24.3. The summed E-state index contributed by atoms with van der Waals surface area (Å²) < 4.78 is 11.2. The molecular weight excluding hydrogens is 1180 g/mol. The van der Waals surface area contributed by atoms with Gasteiger partial charge in [0.05, 0.1) is 37.0 Å². The zero-order valence-corrected chi connectivity index (χ0v) is 50.6. The van der Waals surface area contributed by atoms with Crippen molar-refractivity contribution in [1.29, 1.82) is 0 Å². The number of nitrogens with one attached hydrogen (secondary N) is 4. The van der Waals surface area contributed by atoms with Crippen LogP contribution in [0.2, 0.25) is 0 Å². The van der Waals surface area contributed by atoms with E-state index < -0.39 is 113 Å². The van der Waals surface area contributed by atoms with Crippen LogP contribution in [0, 0.1) is 29.6 Å². The van der Waals surface area contributed by atoms with Crippen molar-refractivity contribution in [1.82, 2.24) is 20.3 Å². The average molecular weight is 1270 g/mol. The lowest BCUT2D eigenvalue weighted by atomic mass is 9.44. The van der Waals surface area contributed by atoms with Gasteiger partial charge in [-0.3, -0.25) is 9.69 Å². The molecule has 2 aliphatic heterocycles.